The molecule has 1 aromatic heterocycles. The molecule has 0 aliphatic carbocycles. The average Bonchev–Trinajstić information content (AvgIpc) is 2.73. The Bertz CT molecular complexity index is 933. The monoisotopic (exact) mass is 452 g/mol. The number of carbonyl (C=O) groups excluding carboxylic acids is 1. The summed E-state index contributed by atoms with van der Waals surface area (Å²) in [5, 5.41) is 7.12. The Balaban J connectivity index is 0.000000451. The Kier molecular flexibility index (Phi) is 8.77. The summed E-state index contributed by atoms with van der Waals surface area (Å²) in [6, 6.07) is 12.3. The fourth-order valence-electron chi connectivity index (χ4n) is 3.66. The molecule has 174 valence electrons. The first-order valence-electron chi connectivity index (χ1n) is 10.1. The van der Waals surface area contributed by atoms with Crippen LogP contribution in [0.15, 0.2) is 42.6 Å². The van der Waals surface area contributed by atoms with Crippen LogP contribution in [-0.2, 0) is 16.0 Å². The molecule has 9 heteroatoms. The van der Waals surface area contributed by atoms with E-state index in [0.29, 0.717) is 18.2 Å². The molecule has 1 N–H and O–H groups in total. The number of aromatic nitrogens is 1. The van der Waals surface area contributed by atoms with Crippen LogP contribution in [0, 0.1) is 19.8 Å². The van der Waals surface area contributed by atoms with Crippen molar-refractivity contribution >= 4 is 11.9 Å². The third-order valence-electron chi connectivity index (χ3n) is 5.21. The first-order chi connectivity index (χ1) is 15.0. The minimum Gasteiger partial charge on any atom is -0.475 e. The highest BCUT2D eigenvalue weighted by Crippen LogP contribution is 2.25. The topological polar surface area (TPSA) is 79.7 Å². The van der Waals surface area contributed by atoms with Crippen LogP contribution in [0.3, 0.4) is 0 Å². The fraction of sp³-hybridized carbons (Fsp3) is 0.435. The SMILES string of the molecule is CO[C@H]1CCN(C(=O)c2cc(C)ccn2)C[C@@H]1Cc1cccc(C)c1.O=C(O)C(F)(F)F. The van der Waals surface area contributed by atoms with Gasteiger partial charge in [-0.05, 0) is 49.9 Å². The second-order valence-electron chi connectivity index (χ2n) is 7.79. The number of hydrogen-bond acceptors (Lipinski definition) is 4. The summed E-state index contributed by atoms with van der Waals surface area (Å²) in [5.74, 6) is -2.44. The number of benzene rings is 1. The van der Waals surface area contributed by atoms with E-state index in [9.17, 15) is 18.0 Å². The summed E-state index contributed by atoms with van der Waals surface area (Å²) in [5.41, 5.74) is 4.15. The highest BCUT2D eigenvalue weighted by atomic mass is 19.4. The number of amides is 1. The van der Waals surface area contributed by atoms with Crippen molar-refractivity contribution < 1.29 is 32.6 Å². The van der Waals surface area contributed by atoms with E-state index in [1.54, 1.807) is 13.3 Å². The van der Waals surface area contributed by atoms with Crippen molar-refractivity contribution in [3.05, 3.63) is 65.0 Å². The third kappa shape index (κ3) is 7.33. The summed E-state index contributed by atoms with van der Waals surface area (Å²) in [4.78, 5) is 27.9. The molecule has 0 unspecified atom stereocenters. The number of ether oxygens (including phenoxy) is 1. The van der Waals surface area contributed by atoms with Crippen molar-refractivity contribution in [2.45, 2.75) is 39.0 Å². The molecule has 1 amide bonds. The number of halogens is 3. The van der Waals surface area contributed by atoms with Crippen LogP contribution in [0.1, 0.15) is 33.6 Å². The predicted octanol–water partition coefficient (Wildman–Crippen LogP) is 4.05. The predicted molar refractivity (Wildman–Crippen MR) is 112 cm³/mol. The summed E-state index contributed by atoms with van der Waals surface area (Å²) in [7, 11) is 1.77. The lowest BCUT2D eigenvalue weighted by molar-refractivity contribution is -0.192. The number of piperidine rings is 1. The molecule has 1 saturated heterocycles. The minimum atomic E-state index is -5.08. The van der Waals surface area contributed by atoms with Gasteiger partial charge < -0.3 is 14.7 Å². The number of hydrogen-bond donors (Lipinski definition) is 1. The number of likely N-dealkylation sites (tertiary alicyclic amines) is 1. The summed E-state index contributed by atoms with van der Waals surface area (Å²) in [6.07, 6.45) is -1.40. The van der Waals surface area contributed by atoms with E-state index in [1.807, 2.05) is 24.0 Å². The van der Waals surface area contributed by atoms with E-state index in [-0.39, 0.29) is 12.0 Å². The molecule has 1 aromatic carbocycles. The van der Waals surface area contributed by atoms with Gasteiger partial charge in [0.1, 0.15) is 5.69 Å². The zero-order valence-electron chi connectivity index (χ0n) is 18.2. The number of pyridine rings is 1. The molecule has 0 radical (unpaired) electrons. The number of aryl methyl sites for hydroxylation is 2. The van der Waals surface area contributed by atoms with Crippen LogP contribution in [0.25, 0.3) is 0 Å². The van der Waals surface area contributed by atoms with Crippen molar-refractivity contribution in [1.29, 1.82) is 0 Å². The Morgan fingerprint density at radius 2 is 1.84 bits per heavy atom. The summed E-state index contributed by atoms with van der Waals surface area (Å²) in [6.45, 7) is 5.52. The van der Waals surface area contributed by atoms with Gasteiger partial charge in [-0.15, -0.1) is 0 Å². The normalized spacial score (nSPS) is 18.5. The maximum Gasteiger partial charge on any atom is 0.490 e. The Morgan fingerprint density at radius 1 is 1.19 bits per heavy atom. The Morgan fingerprint density at radius 3 is 2.41 bits per heavy atom. The number of methoxy groups -OCH3 is 1. The fourth-order valence-corrected chi connectivity index (χ4v) is 3.66. The number of aliphatic carboxylic acids is 1. The molecule has 0 bridgehead atoms. The number of carbonyl (C=O) groups is 2. The van der Waals surface area contributed by atoms with Gasteiger partial charge in [0, 0.05) is 32.3 Å². The standard InChI is InChI=1S/C21H26N2O2.C2HF3O2/c1-15-5-4-6-17(11-15)13-18-14-23(10-8-20(18)25-3)21(24)19-12-16(2)7-9-22-19;3-2(4,5)1(6)7/h4-7,9,11-12,18,20H,8,10,13-14H2,1-3H3;(H,6,7)/t18-,20-;/m0./s1. The van der Waals surface area contributed by atoms with Gasteiger partial charge in [0.15, 0.2) is 0 Å². The van der Waals surface area contributed by atoms with Crippen LogP contribution in [-0.4, -0.2) is 59.3 Å². The minimum absolute atomic E-state index is 0.0208. The number of carboxylic acids is 1. The number of alkyl halides is 3. The van der Waals surface area contributed by atoms with E-state index in [1.165, 1.54) is 11.1 Å². The van der Waals surface area contributed by atoms with Gasteiger partial charge in [0.2, 0.25) is 0 Å². The first-order valence-corrected chi connectivity index (χ1v) is 10.1. The molecule has 32 heavy (non-hydrogen) atoms. The quantitative estimate of drug-likeness (QED) is 0.757. The maximum atomic E-state index is 12.8. The van der Waals surface area contributed by atoms with E-state index in [0.717, 1.165) is 24.9 Å². The van der Waals surface area contributed by atoms with Crippen molar-refractivity contribution in [2.24, 2.45) is 5.92 Å². The Labute approximate surface area is 185 Å². The second-order valence-corrected chi connectivity index (χ2v) is 7.79. The number of nitrogens with zero attached hydrogens (tertiary/aromatic N) is 2. The van der Waals surface area contributed by atoms with Gasteiger partial charge >= 0.3 is 12.1 Å². The molecule has 1 aliphatic heterocycles. The molecule has 2 aromatic rings. The lowest BCUT2D eigenvalue weighted by atomic mass is 9.88. The van der Waals surface area contributed by atoms with Crippen molar-refractivity contribution in [1.82, 2.24) is 9.88 Å². The molecular formula is C23H27F3N2O4. The van der Waals surface area contributed by atoms with Gasteiger partial charge in [0.05, 0.1) is 6.10 Å². The first kappa shape index (κ1) is 25.3. The number of carboxylic acid groups (broad SMARTS) is 1. The molecule has 1 aliphatic rings. The van der Waals surface area contributed by atoms with Crippen LogP contribution < -0.4 is 0 Å². The summed E-state index contributed by atoms with van der Waals surface area (Å²) >= 11 is 0. The third-order valence-corrected chi connectivity index (χ3v) is 5.21. The zero-order chi connectivity index (χ0) is 23.9. The van der Waals surface area contributed by atoms with Gasteiger partial charge in [-0.3, -0.25) is 9.78 Å². The molecule has 2 heterocycles. The zero-order valence-corrected chi connectivity index (χ0v) is 18.2. The molecule has 3 rings (SSSR count). The van der Waals surface area contributed by atoms with Gasteiger partial charge in [0.25, 0.3) is 5.91 Å². The van der Waals surface area contributed by atoms with E-state index in [4.69, 9.17) is 14.6 Å². The van der Waals surface area contributed by atoms with Gasteiger partial charge in [-0.2, -0.15) is 13.2 Å². The largest absolute Gasteiger partial charge is 0.490 e. The van der Waals surface area contributed by atoms with E-state index < -0.39 is 12.1 Å². The molecule has 1 fully saturated rings. The van der Waals surface area contributed by atoms with Crippen LogP contribution in [0.4, 0.5) is 13.2 Å². The molecule has 6 nitrogen and oxygen atoms in total. The lowest BCUT2D eigenvalue weighted by Crippen LogP contribution is -2.47. The Hall–Kier alpha value is -2.94. The van der Waals surface area contributed by atoms with Gasteiger partial charge in [-0.1, -0.05) is 29.8 Å². The smallest absolute Gasteiger partial charge is 0.475 e. The molecule has 2 atom stereocenters. The van der Waals surface area contributed by atoms with E-state index in [2.05, 4.69) is 36.2 Å². The summed E-state index contributed by atoms with van der Waals surface area (Å²) < 4.78 is 37.4. The van der Waals surface area contributed by atoms with Crippen LogP contribution in [0.5, 0.6) is 0 Å². The van der Waals surface area contributed by atoms with Gasteiger partial charge in [-0.25, -0.2) is 4.79 Å². The van der Waals surface area contributed by atoms with Crippen molar-refractivity contribution in [3.63, 3.8) is 0 Å². The molecular weight excluding hydrogens is 425 g/mol. The highest BCUT2D eigenvalue weighted by molar-refractivity contribution is 5.92. The van der Waals surface area contributed by atoms with E-state index >= 15 is 0 Å². The van der Waals surface area contributed by atoms with Crippen LogP contribution in [0.2, 0.25) is 0 Å². The second kappa shape index (κ2) is 11.1. The molecule has 0 spiro atoms. The van der Waals surface area contributed by atoms with Crippen molar-refractivity contribution in [2.75, 3.05) is 20.2 Å². The van der Waals surface area contributed by atoms with Crippen LogP contribution >= 0.6 is 0 Å². The average molecular weight is 452 g/mol. The number of rotatable bonds is 4. The maximum absolute atomic E-state index is 12.8. The highest BCUT2D eigenvalue weighted by Gasteiger charge is 2.38. The molecule has 0 saturated carbocycles. The lowest BCUT2D eigenvalue weighted by Gasteiger charge is -2.38. The van der Waals surface area contributed by atoms with Crippen molar-refractivity contribution in [3.8, 4) is 0 Å².